The van der Waals surface area contributed by atoms with E-state index in [0.717, 1.165) is 25.1 Å². The van der Waals surface area contributed by atoms with E-state index in [-0.39, 0.29) is 11.9 Å². The number of amides is 1. The van der Waals surface area contributed by atoms with E-state index in [4.69, 9.17) is 23.2 Å². The zero-order valence-electron chi connectivity index (χ0n) is 13.0. The summed E-state index contributed by atoms with van der Waals surface area (Å²) >= 11 is 11.9. The second kappa shape index (κ2) is 8.16. The van der Waals surface area contributed by atoms with Gasteiger partial charge in [0.1, 0.15) is 0 Å². The summed E-state index contributed by atoms with van der Waals surface area (Å²) in [7, 11) is 1.97. The number of nitrogens with one attached hydrogen (secondary N) is 2. The number of piperidine rings is 1. The molecule has 1 amide bonds. The minimum absolute atomic E-state index is 0.0373. The molecule has 2 N–H and O–H groups in total. The lowest BCUT2D eigenvalue weighted by atomic mass is 10.1. The number of hydrogen-bond acceptors (Lipinski definition) is 3. The van der Waals surface area contributed by atoms with Gasteiger partial charge in [-0.25, -0.2) is 0 Å². The predicted octanol–water partition coefficient (Wildman–Crippen LogP) is 2.85. The SMILES string of the molecule is CNC1CCCN(CC(=O)NC(C)c2ccc(Cl)c(Cl)c2)C1. The minimum Gasteiger partial charge on any atom is -0.348 e. The van der Waals surface area contributed by atoms with Crippen LogP contribution in [0.25, 0.3) is 0 Å². The lowest BCUT2D eigenvalue weighted by molar-refractivity contribution is -0.123. The Labute approximate surface area is 142 Å². The topological polar surface area (TPSA) is 44.4 Å². The molecule has 22 heavy (non-hydrogen) atoms. The molecule has 1 aliphatic rings. The number of likely N-dealkylation sites (N-methyl/N-ethyl adjacent to an activating group) is 1. The van der Waals surface area contributed by atoms with Crippen LogP contribution in [0.1, 0.15) is 31.4 Å². The van der Waals surface area contributed by atoms with Gasteiger partial charge in [-0.3, -0.25) is 9.69 Å². The van der Waals surface area contributed by atoms with Crippen LogP contribution >= 0.6 is 23.2 Å². The molecule has 0 aliphatic carbocycles. The lowest BCUT2D eigenvalue weighted by Gasteiger charge is -2.32. The standard InChI is InChI=1S/C16H23Cl2N3O/c1-11(12-5-6-14(17)15(18)8-12)20-16(22)10-21-7-3-4-13(9-21)19-2/h5-6,8,11,13,19H,3-4,7,9-10H2,1-2H3,(H,20,22). The molecule has 122 valence electrons. The van der Waals surface area contributed by atoms with E-state index >= 15 is 0 Å². The summed E-state index contributed by atoms with van der Waals surface area (Å²) in [4.78, 5) is 14.4. The number of nitrogens with zero attached hydrogens (tertiary/aromatic N) is 1. The second-order valence-electron chi connectivity index (χ2n) is 5.83. The zero-order valence-corrected chi connectivity index (χ0v) is 14.5. The highest BCUT2D eigenvalue weighted by atomic mass is 35.5. The van der Waals surface area contributed by atoms with Crippen LogP contribution < -0.4 is 10.6 Å². The minimum atomic E-state index is -0.0906. The van der Waals surface area contributed by atoms with Crippen molar-refractivity contribution < 1.29 is 4.79 Å². The van der Waals surface area contributed by atoms with Crippen LogP contribution in [0.4, 0.5) is 0 Å². The fraction of sp³-hybridized carbons (Fsp3) is 0.562. The Balaban J connectivity index is 1.86. The largest absolute Gasteiger partial charge is 0.348 e. The van der Waals surface area contributed by atoms with Crippen LogP contribution in [0.5, 0.6) is 0 Å². The Kier molecular flexibility index (Phi) is 6.50. The van der Waals surface area contributed by atoms with Crippen molar-refractivity contribution in [1.29, 1.82) is 0 Å². The van der Waals surface area contributed by atoms with Gasteiger partial charge in [0, 0.05) is 12.6 Å². The first-order chi connectivity index (χ1) is 10.5. The molecule has 1 heterocycles. The van der Waals surface area contributed by atoms with Gasteiger partial charge in [0.05, 0.1) is 22.6 Å². The lowest BCUT2D eigenvalue weighted by Crippen LogP contribution is -2.48. The Bertz CT molecular complexity index is 524. The molecule has 2 rings (SSSR count). The molecule has 2 unspecified atom stereocenters. The van der Waals surface area contributed by atoms with Gasteiger partial charge < -0.3 is 10.6 Å². The first-order valence-electron chi connectivity index (χ1n) is 7.63. The third-order valence-corrected chi connectivity index (χ3v) is 4.84. The Morgan fingerprint density at radius 1 is 1.41 bits per heavy atom. The number of carbonyl (C=O) groups excluding carboxylic acids is 1. The molecular weight excluding hydrogens is 321 g/mol. The Morgan fingerprint density at radius 2 is 2.18 bits per heavy atom. The maximum Gasteiger partial charge on any atom is 0.234 e. The highest BCUT2D eigenvalue weighted by Crippen LogP contribution is 2.25. The fourth-order valence-electron chi connectivity index (χ4n) is 2.79. The Hall–Kier alpha value is -0.810. The molecule has 0 saturated carbocycles. The number of hydrogen-bond donors (Lipinski definition) is 2. The maximum absolute atomic E-state index is 12.2. The molecule has 6 heteroatoms. The Morgan fingerprint density at radius 3 is 2.86 bits per heavy atom. The molecule has 1 aromatic rings. The summed E-state index contributed by atoms with van der Waals surface area (Å²) < 4.78 is 0. The first-order valence-corrected chi connectivity index (χ1v) is 8.39. The van der Waals surface area contributed by atoms with Crippen LogP contribution in [-0.2, 0) is 4.79 Å². The van der Waals surface area contributed by atoms with Gasteiger partial charge in [-0.05, 0) is 51.1 Å². The predicted molar refractivity (Wildman–Crippen MR) is 91.5 cm³/mol. The van der Waals surface area contributed by atoms with E-state index in [1.54, 1.807) is 12.1 Å². The van der Waals surface area contributed by atoms with Gasteiger partial charge in [-0.15, -0.1) is 0 Å². The van der Waals surface area contributed by atoms with E-state index in [9.17, 15) is 4.79 Å². The van der Waals surface area contributed by atoms with Crippen molar-refractivity contribution in [2.75, 3.05) is 26.7 Å². The summed E-state index contributed by atoms with van der Waals surface area (Å²) in [5.74, 6) is 0.0373. The van der Waals surface area contributed by atoms with Crippen molar-refractivity contribution in [1.82, 2.24) is 15.5 Å². The van der Waals surface area contributed by atoms with Gasteiger partial charge in [0.15, 0.2) is 0 Å². The number of benzene rings is 1. The van der Waals surface area contributed by atoms with Crippen molar-refractivity contribution in [3.05, 3.63) is 33.8 Å². The molecule has 1 saturated heterocycles. The molecule has 1 aromatic carbocycles. The smallest absolute Gasteiger partial charge is 0.234 e. The summed E-state index contributed by atoms with van der Waals surface area (Å²) in [5.41, 5.74) is 0.953. The zero-order chi connectivity index (χ0) is 16.1. The van der Waals surface area contributed by atoms with E-state index in [1.165, 1.54) is 6.42 Å². The average Bonchev–Trinajstić information content (AvgIpc) is 2.50. The second-order valence-corrected chi connectivity index (χ2v) is 6.64. The highest BCUT2D eigenvalue weighted by molar-refractivity contribution is 6.42. The van der Waals surface area contributed by atoms with Crippen LogP contribution in [0.2, 0.25) is 10.0 Å². The number of likely N-dealkylation sites (tertiary alicyclic amines) is 1. The van der Waals surface area contributed by atoms with E-state index < -0.39 is 0 Å². The van der Waals surface area contributed by atoms with Gasteiger partial charge in [0.25, 0.3) is 0 Å². The van der Waals surface area contributed by atoms with Crippen molar-refractivity contribution in [2.45, 2.75) is 31.8 Å². The van der Waals surface area contributed by atoms with Gasteiger partial charge >= 0.3 is 0 Å². The summed E-state index contributed by atoms with van der Waals surface area (Å²) in [6, 6.07) is 5.83. The normalized spacial score (nSPS) is 20.6. The van der Waals surface area contributed by atoms with Gasteiger partial charge in [0.2, 0.25) is 5.91 Å². The van der Waals surface area contributed by atoms with Crippen molar-refractivity contribution in [3.63, 3.8) is 0 Å². The molecule has 4 nitrogen and oxygen atoms in total. The monoisotopic (exact) mass is 343 g/mol. The fourth-order valence-corrected chi connectivity index (χ4v) is 3.10. The van der Waals surface area contributed by atoms with Crippen LogP contribution in [0, 0.1) is 0 Å². The summed E-state index contributed by atoms with van der Waals surface area (Å²) in [5, 5.41) is 7.34. The number of rotatable bonds is 5. The van der Waals surface area contributed by atoms with Crippen molar-refractivity contribution >= 4 is 29.1 Å². The maximum atomic E-state index is 12.2. The van der Waals surface area contributed by atoms with E-state index in [2.05, 4.69) is 15.5 Å². The summed E-state index contributed by atoms with van der Waals surface area (Å²) in [6.45, 7) is 4.28. The molecule has 0 spiro atoms. The number of carbonyl (C=O) groups is 1. The van der Waals surface area contributed by atoms with E-state index in [1.807, 2.05) is 20.0 Å². The number of halogens is 2. The van der Waals surface area contributed by atoms with E-state index in [0.29, 0.717) is 22.6 Å². The molecule has 1 aliphatic heterocycles. The first kappa shape index (κ1) is 17.5. The molecule has 1 fully saturated rings. The highest BCUT2D eigenvalue weighted by Gasteiger charge is 2.21. The van der Waals surface area contributed by atoms with Crippen molar-refractivity contribution in [3.8, 4) is 0 Å². The molecule has 0 aromatic heterocycles. The average molecular weight is 344 g/mol. The summed E-state index contributed by atoms with van der Waals surface area (Å²) in [6.07, 6.45) is 2.30. The third kappa shape index (κ3) is 4.85. The molecule has 0 radical (unpaired) electrons. The van der Waals surface area contributed by atoms with Crippen molar-refractivity contribution in [2.24, 2.45) is 0 Å². The molecule has 0 bridgehead atoms. The van der Waals surface area contributed by atoms with Gasteiger partial charge in [-0.2, -0.15) is 0 Å². The van der Waals surface area contributed by atoms with Crippen LogP contribution in [0.3, 0.4) is 0 Å². The molecule has 2 atom stereocenters. The third-order valence-electron chi connectivity index (χ3n) is 4.10. The van der Waals surface area contributed by atoms with Crippen LogP contribution in [-0.4, -0.2) is 43.5 Å². The quantitative estimate of drug-likeness (QED) is 0.863. The van der Waals surface area contributed by atoms with Crippen LogP contribution in [0.15, 0.2) is 18.2 Å². The van der Waals surface area contributed by atoms with Gasteiger partial charge in [-0.1, -0.05) is 29.3 Å². The molecular formula is C16H23Cl2N3O.